The molecule has 1 fully saturated rings. The first-order valence-electron chi connectivity index (χ1n) is 6.22. The number of aliphatic hydroxyl groups is 1. The first-order chi connectivity index (χ1) is 8.53. The van der Waals surface area contributed by atoms with Gasteiger partial charge in [0.1, 0.15) is 4.21 Å². The Morgan fingerprint density at radius 3 is 2.78 bits per heavy atom. The van der Waals surface area contributed by atoms with Crippen LogP contribution in [0.4, 0.5) is 0 Å². The van der Waals surface area contributed by atoms with E-state index < -0.39 is 10.0 Å². The van der Waals surface area contributed by atoms with E-state index >= 15 is 0 Å². The average molecular weight is 289 g/mol. The SMILES string of the molecule is CC1CCCC1CNS(=O)(=O)c1ccc(CO)s1. The van der Waals surface area contributed by atoms with Crippen LogP contribution in [0.1, 0.15) is 31.1 Å². The second kappa shape index (κ2) is 5.69. The lowest BCUT2D eigenvalue weighted by atomic mass is 9.99. The van der Waals surface area contributed by atoms with E-state index in [1.165, 1.54) is 12.8 Å². The van der Waals surface area contributed by atoms with Crippen LogP contribution in [0.3, 0.4) is 0 Å². The lowest BCUT2D eigenvalue weighted by molar-refractivity contribution is 0.285. The molecule has 0 radical (unpaired) electrons. The zero-order chi connectivity index (χ0) is 13.2. The van der Waals surface area contributed by atoms with E-state index in [0.717, 1.165) is 17.8 Å². The summed E-state index contributed by atoms with van der Waals surface area (Å²) in [4.78, 5) is 0.671. The van der Waals surface area contributed by atoms with Crippen molar-refractivity contribution in [3.8, 4) is 0 Å². The number of rotatable bonds is 5. The van der Waals surface area contributed by atoms with Gasteiger partial charge in [-0.1, -0.05) is 19.8 Å². The second-order valence-corrected chi connectivity index (χ2v) is 8.06. The Morgan fingerprint density at radius 1 is 1.44 bits per heavy atom. The molecule has 102 valence electrons. The van der Waals surface area contributed by atoms with Crippen molar-refractivity contribution in [1.29, 1.82) is 0 Å². The molecule has 1 heterocycles. The molecule has 1 aliphatic rings. The Bertz CT molecular complexity index is 495. The van der Waals surface area contributed by atoms with Crippen molar-refractivity contribution in [2.45, 2.75) is 37.0 Å². The lowest BCUT2D eigenvalue weighted by Crippen LogP contribution is -2.29. The zero-order valence-corrected chi connectivity index (χ0v) is 12.1. The van der Waals surface area contributed by atoms with Crippen LogP contribution in [0.25, 0.3) is 0 Å². The molecule has 1 aromatic heterocycles. The maximum atomic E-state index is 12.0. The third-order valence-electron chi connectivity index (χ3n) is 3.63. The van der Waals surface area contributed by atoms with Crippen molar-refractivity contribution in [2.75, 3.05) is 6.54 Å². The Labute approximate surface area is 112 Å². The topological polar surface area (TPSA) is 66.4 Å². The number of nitrogens with one attached hydrogen (secondary N) is 1. The smallest absolute Gasteiger partial charge is 0.250 e. The molecule has 2 N–H and O–H groups in total. The quantitative estimate of drug-likeness (QED) is 0.870. The van der Waals surface area contributed by atoms with Gasteiger partial charge in [0, 0.05) is 11.4 Å². The molecule has 0 aromatic carbocycles. The summed E-state index contributed by atoms with van der Waals surface area (Å²) in [5.41, 5.74) is 0. The molecule has 0 aliphatic heterocycles. The molecule has 2 rings (SSSR count). The van der Waals surface area contributed by atoms with Crippen LogP contribution in [0.5, 0.6) is 0 Å². The molecular formula is C12H19NO3S2. The fraction of sp³-hybridized carbons (Fsp3) is 0.667. The summed E-state index contributed by atoms with van der Waals surface area (Å²) < 4.78 is 27.1. The van der Waals surface area contributed by atoms with E-state index in [1.807, 2.05) is 0 Å². The number of sulfonamides is 1. The fourth-order valence-electron chi connectivity index (χ4n) is 2.40. The van der Waals surface area contributed by atoms with Crippen LogP contribution in [0, 0.1) is 11.8 Å². The van der Waals surface area contributed by atoms with Gasteiger partial charge in [0.05, 0.1) is 6.61 Å². The van der Waals surface area contributed by atoms with Gasteiger partial charge in [0.25, 0.3) is 0 Å². The van der Waals surface area contributed by atoms with E-state index in [-0.39, 0.29) is 10.8 Å². The molecule has 0 bridgehead atoms. The highest BCUT2D eigenvalue weighted by molar-refractivity contribution is 7.91. The molecule has 1 aliphatic carbocycles. The highest BCUT2D eigenvalue weighted by Crippen LogP contribution is 2.31. The summed E-state index contributed by atoms with van der Waals surface area (Å²) in [6.07, 6.45) is 3.50. The minimum atomic E-state index is -3.40. The summed E-state index contributed by atoms with van der Waals surface area (Å²) in [6.45, 7) is 2.59. The summed E-state index contributed by atoms with van der Waals surface area (Å²) in [5, 5.41) is 8.95. The van der Waals surface area contributed by atoms with Gasteiger partial charge in [-0.25, -0.2) is 13.1 Å². The van der Waals surface area contributed by atoms with Crippen molar-refractivity contribution < 1.29 is 13.5 Å². The van der Waals surface area contributed by atoms with E-state index in [4.69, 9.17) is 5.11 Å². The maximum absolute atomic E-state index is 12.0. The standard InChI is InChI=1S/C12H19NO3S2/c1-9-3-2-4-10(9)7-13-18(15,16)12-6-5-11(8-14)17-12/h5-6,9-10,13-14H,2-4,7-8H2,1H3. The largest absolute Gasteiger partial charge is 0.391 e. The van der Waals surface area contributed by atoms with E-state index in [9.17, 15) is 8.42 Å². The number of aliphatic hydroxyl groups excluding tert-OH is 1. The molecule has 0 saturated heterocycles. The molecule has 6 heteroatoms. The highest BCUT2D eigenvalue weighted by atomic mass is 32.2. The van der Waals surface area contributed by atoms with Crippen LogP contribution in [-0.2, 0) is 16.6 Å². The monoisotopic (exact) mass is 289 g/mol. The normalized spacial score (nSPS) is 24.6. The summed E-state index contributed by atoms with van der Waals surface area (Å²) in [5.74, 6) is 1.06. The van der Waals surface area contributed by atoms with Gasteiger partial charge in [-0.3, -0.25) is 0 Å². The van der Waals surface area contributed by atoms with E-state index in [1.54, 1.807) is 12.1 Å². The molecular weight excluding hydrogens is 270 g/mol. The minimum Gasteiger partial charge on any atom is -0.391 e. The first-order valence-corrected chi connectivity index (χ1v) is 8.52. The van der Waals surface area contributed by atoms with Gasteiger partial charge in [-0.15, -0.1) is 11.3 Å². The van der Waals surface area contributed by atoms with Crippen molar-refractivity contribution in [3.05, 3.63) is 17.0 Å². The lowest BCUT2D eigenvalue weighted by Gasteiger charge is -2.15. The van der Waals surface area contributed by atoms with Crippen molar-refractivity contribution in [1.82, 2.24) is 4.72 Å². The van der Waals surface area contributed by atoms with Gasteiger partial charge in [0.2, 0.25) is 10.0 Å². The third kappa shape index (κ3) is 3.12. The number of thiophene rings is 1. The van der Waals surface area contributed by atoms with Crippen molar-refractivity contribution in [2.24, 2.45) is 11.8 Å². The van der Waals surface area contributed by atoms with Crippen LogP contribution < -0.4 is 4.72 Å². The highest BCUT2D eigenvalue weighted by Gasteiger charge is 2.25. The Hall–Kier alpha value is -0.430. The molecule has 2 atom stereocenters. The van der Waals surface area contributed by atoms with Crippen LogP contribution in [-0.4, -0.2) is 20.1 Å². The van der Waals surface area contributed by atoms with Crippen LogP contribution >= 0.6 is 11.3 Å². The second-order valence-electron chi connectivity index (χ2n) is 4.90. The molecule has 4 nitrogen and oxygen atoms in total. The van der Waals surface area contributed by atoms with Gasteiger partial charge in [-0.2, -0.15) is 0 Å². The van der Waals surface area contributed by atoms with E-state index in [2.05, 4.69) is 11.6 Å². The zero-order valence-electron chi connectivity index (χ0n) is 10.4. The number of hydrogen-bond donors (Lipinski definition) is 2. The third-order valence-corrected chi connectivity index (χ3v) is 6.62. The molecule has 1 aromatic rings. The minimum absolute atomic E-state index is 0.111. The molecule has 1 saturated carbocycles. The van der Waals surface area contributed by atoms with Gasteiger partial charge in [-0.05, 0) is 30.4 Å². The maximum Gasteiger partial charge on any atom is 0.250 e. The molecule has 2 unspecified atom stereocenters. The predicted octanol–water partition coefficient (Wildman–Crippen LogP) is 1.95. The molecule has 0 spiro atoms. The summed E-state index contributed by atoms with van der Waals surface area (Å²) in [7, 11) is -3.40. The summed E-state index contributed by atoms with van der Waals surface area (Å²) in [6, 6.07) is 3.20. The Kier molecular flexibility index (Phi) is 4.42. The average Bonchev–Trinajstić information content (AvgIpc) is 2.95. The Balaban J connectivity index is 1.98. The molecule has 18 heavy (non-hydrogen) atoms. The van der Waals surface area contributed by atoms with Gasteiger partial charge < -0.3 is 5.11 Å². The summed E-state index contributed by atoms with van der Waals surface area (Å²) >= 11 is 1.12. The van der Waals surface area contributed by atoms with E-state index in [0.29, 0.717) is 23.3 Å². The van der Waals surface area contributed by atoms with Gasteiger partial charge in [0.15, 0.2) is 0 Å². The van der Waals surface area contributed by atoms with Crippen LogP contribution in [0.2, 0.25) is 0 Å². The molecule has 0 amide bonds. The van der Waals surface area contributed by atoms with Gasteiger partial charge >= 0.3 is 0 Å². The van der Waals surface area contributed by atoms with Crippen molar-refractivity contribution >= 4 is 21.4 Å². The first kappa shape index (κ1) is 14.0. The van der Waals surface area contributed by atoms with Crippen LogP contribution in [0.15, 0.2) is 16.3 Å². The predicted molar refractivity (Wildman–Crippen MR) is 71.9 cm³/mol. The Morgan fingerprint density at radius 2 is 2.22 bits per heavy atom. The fourth-order valence-corrected chi connectivity index (χ4v) is 4.76. The number of hydrogen-bond acceptors (Lipinski definition) is 4. The van der Waals surface area contributed by atoms with Crippen molar-refractivity contribution in [3.63, 3.8) is 0 Å².